The van der Waals surface area contributed by atoms with Crippen LogP contribution in [0.2, 0.25) is 0 Å². The van der Waals surface area contributed by atoms with Crippen molar-refractivity contribution in [1.82, 2.24) is 4.98 Å². The molecule has 0 atom stereocenters. The second-order valence-electron chi connectivity index (χ2n) is 4.80. The van der Waals surface area contributed by atoms with Crippen LogP contribution in [-0.4, -0.2) is 11.3 Å². The van der Waals surface area contributed by atoms with Crippen molar-refractivity contribution >= 4 is 17.2 Å². The zero-order valence-electron chi connectivity index (χ0n) is 9.99. The minimum atomic E-state index is 0.869. The minimum Gasteiger partial charge on any atom is -0.298 e. The highest BCUT2D eigenvalue weighted by molar-refractivity contribution is 5.98. The fourth-order valence-electron chi connectivity index (χ4n) is 2.71. The third-order valence-corrected chi connectivity index (χ3v) is 3.58. The molecule has 0 amide bonds. The number of pyridine rings is 1. The van der Waals surface area contributed by atoms with Gasteiger partial charge in [-0.15, -0.1) is 0 Å². The van der Waals surface area contributed by atoms with Gasteiger partial charge in [-0.3, -0.25) is 9.78 Å². The molecular weight excluding hydrogens is 210 g/mol. The van der Waals surface area contributed by atoms with Gasteiger partial charge in [0.15, 0.2) is 6.29 Å². The summed E-state index contributed by atoms with van der Waals surface area (Å²) in [6.45, 7) is 2.05. The van der Waals surface area contributed by atoms with Gasteiger partial charge in [0, 0.05) is 16.6 Å². The number of aldehydes is 1. The van der Waals surface area contributed by atoms with E-state index in [-0.39, 0.29) is 0 Å². The molecule has 0 N–H and O–H groups in total. The molecule has 2 aromatic rings. The number of benzene rings is 1. The van der Waals surface area contributed by atoms with E-state index in [4.69, 9.17) is 4.98 Å². The van der Waals surface area contributed by atoms with Crippen molar-refractivity contribution < 1.29 is 4.79 Å². The van der Waals surface area contributed by atoms with E-state index in [0.717, 1.165) is 41.3 Å². The lowest BCUT2D eigenvalue weighted by Crippen LogP contribution is -2.09. The van der Waals surface area contributed by atoms with Gasteiger partial charge in [0.1, 0.15) is 0 Å². The first-order valence-corrected chi connectivity index (χ1v) is 6.17. The van der Waals surface area contributed by atoms with Gasteiger partial charge in [-0.2, -0.15) is 0 Å². The molecule has 0 fully saturated rings. The monoisotopic (exact) mass is 225 g/mol. The Kier molecular flexibility index (Phi) is 2.43. The van der Waals surface area contributed by atoms with E-state index in [1.165, 1.54) is 24.0 Å². The second-order valence-corrected chi connectivity index (χ2v) is 4.80. The summed E-state index contributed by atoms with van der Waals surface area (Å²) in [5.41, 5.74) is 5.32. The number of carbonyl (C=O) groups is 1. The summed E-state index contributed by atoms with van der Waals surface area (Å²) in [6.07, 6.45) is 5.39. The predicted octanol–water partition coefficient (Wildman–Crippen LogP) is 3.23. The third-order valence-electron chi connectivity index (χ3n) is 3.58. The third kappa shape index (κ3) is 1.64. The molecule has 2 heteroatoms. The lowest BCUT2D eigenvalue weighted by Gasteiger charge is -2.18. The standard InChI is InChI=1S/C15H15NO/c1-10-6-7-15-12(8-10)13(9-17)11-4-2-3-5-14(11)16-15/h6-9H,2-5H2,1H3. The van der Waals surface area contributed by atoms with E-state index in [2.05, 4.69) is 12.1 Å². The van der Waals surface area contributed by atoms with E-state index < -0.39 is 0 Å². The van der Waals surface area contributed by atoms with Crippen molar-refractivity contribution in [3.05, 3.63) is 40.6 Å². The van der Waals surface area contributed by atoms with Gasteiger partial charge in [-0.25, -0.2) is 0 Å². The average Bonchev–Trinajstić information content (AvgIpc) is 2.36. The van der Waals surface area contributed by atoms with Crippen LogP contribution in [0.1, 0.15) is 40.0 Å². The SMILES string of the molecule is Cc1ccc2nc3c(c(C=O)c2c1)CCCC3. The summed E-state index contributed by atoms with van der Waals surface area (Å²) < 4.78 is 0. The molecule has 0 aliphatic heterocycles. The zero-order chi connectivity index (χ0) is 11.8. The molecule has 0 spiro atoms. The number of fused-ring (bicyclic) bond motifs is 2. The van der Waals surface area contributed by atoms with Crippen LogP contribution in [0.25, 0.3) is 10.9 Å². The van der Waals surface area contributed by atoms with Crippen molar-refractivity contribution in [2.24, 2.45) is 0 Å². The quantitative estimate of drug-likeness (QED) is 0.697. The van der Waals surface area contributed by atoms with Crippen LogP contribution in [0.5, 0.6) is 0 Å². The summed E-state index contributed by atoms with van der Waals surface area (Å²) in [4.78, 5) is 16.1. The number of rotatable bonds is 1. The van der Waals surface area contributed by atoms with Crippen molar-refractivity contribution in [2.45, 2.75) is 32.6 Å². The lowest BCUT2D eigenvalue weighted by molar-refractivity contribution is 0.112. The molecule has 1 aliphatic carbocycles. The Morgan fingerprint density at radius 1 is 1.24 bits per heavy atom. The topological polar surface area (TPSA) is 30.0 Å². The smallest absolute Gasteiger partial charge is 0.151 e. The Labute approximate surface area is 101 Å². The Morgan fingerprint density at radius 3 is 2.88 bits per heavy atom. The molecule has 0 radical (unpaired) electrons. The highest BCUT2D eigenvalue weighted by Gasteiger charge is 2.17. The molecular formula is C15H15NO. The maximum atomic E-state index is 11.4. The fraction of sp³-hybridized carbons (Fsp3) is 0.333. The van der Waals surface area contributed by atoms with Crippen LogP contribution in [0.15, 0.2) is 18.2 Å². The molecule has 17 heavy (non-hydrogen) atoms. The minimum absolute atomic E-state index is 0.869. The highest BCUT2D eigenvalue weighted by Crippen LogP contribution is 2.28. The molecule has 0 unspecified atom stereocenters. The first-order valence-electron chi connectivity index (χ1n) is 6.17. The molecule has 1 aromatic carbocycles. The molecule has 0 saturated carbocycles. The summed E-state index contributed by atoms with van der Waals surface area (Å²) in [7, 11) is 0. The maximum absolute atomic E-state index is 11.4. The van der Waals surface area contributed by atoms with Crippen molar-refractivity contribution in [1.29, 1.82) is 0 Å². The molecule has 3 rings (SSSR count). The summed E-state index contributed by atoms with van der Waals surface area (Å²) in [5.74, 6) is 0. The number of nitrogens with zero attached hydrogens (tertiary/aromatic N) is 1. The van der Waals surface area contributed by atoms with E-state index >= 15 is 0 Å². The van der Waals surface area contributed by atoms with Crippen LogP contribution in [0, 0.1) is 6.92 Å². The van der Waals surface area contributed by atoms with Gasteiger partial charge in [0.25, 0.3) is 0 Å². The maximum Gasteiger partial charge on any atom is 0.151 e. The van der Waals surface area contributed by atoms with Crippen molar-refractivity contribution in [3.63, 3.8) is 0 Å². The van der Waals surface area contributed by atoms with E-state index in [1.807, 2.05) is 13.0 Å². The second kappa shape index (κ2) is 3.95. The average molecular weight is 225 g/mol. The fourth-order valence-corrected chi connectivity index (χ4v) is 2.71. The summed E-state index contributed by atoms with van der Waals surface area (Å²) in [5, 5.41) is 1.01. The molecule has 1 aromatic heterocycles. The van der Waals surface area contributed by atoms with Gasteiger partial charge in [-0.05, 0) is 50.3 Å². The van der Waals surface area contributed by atoms with Gasteiger partial charge < -0.3 is 0 Å². The van der Waals surface area contributed by atoms with E-state index in [9.17, 15) is 4.79 Å². The van der Waals surface area contributed by atoms with E-state index in [0.29, 0.717) is 0 Å². The van der Waals surface area contributed by atoms with Crippen LogP contribution in [-0.2, 0) is 12.8 Å². The van der Waals surface area contributed by atoms with Gasteiger partial charge in [-0.1, -0.05) is 11.6 Å². The van der Waals surface area contributed by atoms with Gasteiger partial charge in [0.05, 0.1) is 5.52 Å². The number of hydrogen-bond acceptors (Lipinski definition) is 2. The van der Waals surface area contributed by atoms with Crippen LogP contribution < -0.4 is 0 Å². The number of aromatic nitrogens is 1. The molecule has 0 bridgehead atoms. The van der Waals surface area contributed by atoms with Crippen LogP contribution >= 0.6 is 0 Å². The number of aryl methyl sites for hydroxylation is 2. The van der Waals surface area contributed by atoms with Crippen LogP contribution in [0.4, 0.5) is 0 Å². The van der Waals surface area contributed by atoms with Crippen LogP contribution in [0.3, 0.4) is 0 Å². The van der Waals surface area contributed by atoms with Crippen molar-refractivity contribution in [3.8, 4) is 0 Å². The Hall–Kier alpha value is -1.70. The lowest BCUT2D eigenvalue weighted by atomic mass is 9.90. The largest absolute Gasteiger partial charge is 0.298 e. The number of hydrogen-bond donors (Lipinski definition) is 0. The van der Waals surface area contributed by atoms with E-state index in [1.54, 1.807) is 0 Å². The summed E-state index contributed by atoms with van der Waals surface area (Å²) >= 11 is 0. The van der Waals surface area contributed by atoms with Gasteiger partial charge >= 0.3 is 0 Å². The first kappa shape index (κ1) is 10.5. The summed E-state index contributed by atoms with van der Waals surface area (Å²) in [6, 6.07) is 6.15. The molecule has 1 aliphatic rings. The highest BCUT2D eigenvalue weighted by atomic mass is 16.1. The number of carbonyl (C=O) groups excluding carboxylic acids is 1. The normalized spacial score (nSPS) is 14.6. The molecule has 0 saturated heterocycles. The zero-order valence-corrected chi connectivity index (χ0v) is 9.99. The van der Waals surface area contributed by atoms with Crippen molar-refractivity contribution in [2.75, 3.05) is 0 Å². The Morgan fingerprint density at radius 2 is 2.06 bits per heavy atom. The molecule has 1 heterocycles. The predicted molar refractivity (Wildman–Crippen MR) is 68.5 cm³/mol. The Balaban J connectivity index is 2.39. The van der Waals surface area contributed by atoms with Gasteiger partial charge in [0.2, 0.25) is 0 Å². The first-order chi connectivity index (χ1) is 8.29. The molecule has 86 valence electrons. The molecule has 2 nitrogen and oxygen atoms in total. The Bertz CT molecular complexity index is 601.